The van der Waals surface area contributed by atoms with Gasteiger partial charge in [0, 0.05) is 37.2 Å². The van der Waals surface area contributed by atoms with Crippen LogP contribution in [0.4, 0.5) is 0 Å². The Bertz CT molecular complexity index is 728. The summed E-state index contributed by atoms with van der Waals surface area (Å²) in [5, 5.41) is 0. The number of ether oxygens (including phenoxy) is 1. The molecule has 3 heterocycles. The van der Waals surface area contributed by atoms with Crippen LogP contribution >= 0.6 is 0 Å². The van der Waals surface area contributed by atoms with Crippen LogP contribution in [0.2, 0.25) is 0 Å². The van der Waals surface area contributed by atoms with E-state index < -0.39 is 10.0 Å². The number of carbonyl (C=O) groups is 1. The maximum atomic E-state index is 12.7. The highest BCUT2D eigenvalue weighted by Crippen LogP contribution is 2.40. The van der Waals surface area contributed by atoms with Crippen molar-refractivity contribution in [3.05, 3.63) is 29.8 Å². The van der Waals surface area contributed by atoms with Crippen LogP contribution in [0.25, 0.3) is 0 Å². The Balaban J connectivity index is 1.54. The zero-order valence-electron chi connectivity index (χ0n) is 12.9. The molecule has 1 spiro atoms. The third-order valence-electron chi connectivity index (χ3n) is 4.95. The van der Waals surface area contributed by atoms with Crippen LogP contribution in [0.1, 0.15) is 23.2 Å². The highest BCUT2D eigenvalue weighted by Gasteiger charge is 2.53. The van der Waals surface area contributed by atoms with Gasteiger partial charge in [-0.05, 0) is 31.0 Å². The number of hydrogen-bond acceptors (Lipinski definition) is 4. The number of benzene rings is 1. The van der Waals surface area contributed by atoms with Gasteiger partial charge in [-0.2, -0.15) is 4.31 Å². The minimum atomic E-state index is -3.52. The van der Waals surface area contributed by atoms with Gasteiger partial charge in [0.15, 0.2) is 0 Å². The summed E-state index contributed by atoms with van der Waals surface area (Å²) in [6.07, 6.45) is 2.03. The van der Waals surface area contributed by atoms with Gasteiger partial charge in [0.05, 0.1) is 18.1 Å². The first-order valence-electron chi connectivity index (χ1n) is 7.98. The van der Waals surface area contributed by atoms with Crippen LogP contribution in [0.15, 0.2) is 29.2 Å². The van der Waals surface area contributed by atoms with Gasteiger partial charge in [-0.3, -0.25) is 4.79 Å². The third kappa shape index (κ3) is 2.47. The van der Waals surface area contributed by atoms with Crippen LogP contribution < -0.4 is 0 Å². The first kappa shape index (κ1) is 15.1. The number of hydrogen-bond donors (Lipinski definition) is 0. The lowest BCUT2D eigenvalue weighted by molar-refractivity contribution is -0.166. The minimum absolute atomic E-state index is 0.0377. The second-order valence-electron chi connectivity index (χ2n) is 6.79. The Morgan fingerprint density at radius 3 is 2.43 bits per heavy atom. The van der Waals surface area contributed by atoms with Crippen molar-refractivity contribution in [1.82, 2.24) is 9.21 Å². The molecule has 23 heavy (non-hydrogen) atoms. The molecule has 0 unspecified atom stereocenters. The van der Waals surface area contributed by atoms with E-state index in [0.29, 0.717) is 31.9 Å². The highest BCUT2D eigenvalue weighted by atomic mass is 32.2. The highest BCUT2D eigenvalue weighted by molar-refractivity contribution is 7.89. The van der Waals surface area contributed by atoms with E-state index in [1.165, 1.54) is 10.4 Å². The molecule has 7 heteroatoms. The average Bonchev–Trinajstić information content (AvgIpc) is 2.97. The smallest absolute Gasteiger partial charge is 0.253 e. The average molecular weight is 336 g/mol. The van der Waals surface area contributed by atoms with Gasteiger partial charge in [0.25, 0.3) is 5.91 Å². The van der Waals surface area contributed by atoms with E-state index in [-0.39, 0.29) is 16.2 Å². The molecule has 0 saturated carbocycles. The number of carbonyl (C=O) groups excluding carboxylic acids is 1. The largest absolute Gasteiger partial charge is 0.380 e. The molecule has 0 radical (unpaired) electrons. The fraction of sp³-hybridized carbons (Fsp3) is 0.562. The van der Waals surface area contributed by atoms with Crippen molar-refractivity contribution in [2.75, 3.05) is 39.4 Å². The molecule has 3 aliphatic rings. The van der Waals surface area contributed by atoms with Crippen molar-refractivity contribution in [2.24, 2.45) is 5.41 Å². The van der Waals surface area contributed by atoms with Gasteiger partial charge in [-0.1, -0.05) is 6.07 Å². The molecule has 0 bridgehead atoms. The summed E-state index contributed by atoms with van der Waals surface area (Å²) in [5.74, 6) is -0.0768. The fourth-order valence-electron chi connectivity index (χ4n) is 3.49. The summed E-state index contributed by atoms with van der Waals surface area (Å²) in [7, 11) is -3.52. The molecule has 1 amide bonds. The fourth-order valence-corrected chi connectivity index (χ4v) is 5.20. The van der Waals surface area contributed by atoms with E-state index in [2.05, 4.69) is 0 Å². The molecule has 0 aliphatic carbocycles. The summed E-state index contributed by atoms with van der Waals surface area (Å²) >= 11 is 0. The van der Waals surface area contributed by atoms with Crippen LogP contribution in [-0.2, 0) is 14.8 Å². The first-order chi connectivity index (χ1) is 11.0. The molecular weight excluding hydrogens is 316 g/mol. The van der Waals surface area contributed by atoms with Gasteiger partial charge in [-0.25, -0.2) is 8.42 Å². The van der Waals surface area contributed by atoms with Crippen molar-refractivity contribution in [1.29, 1.82) is 0 Å². The van der Waals surface area contributed by atoms with Crippen LogP contribution in [0, 0.1) is 5.41 Å². The summed E-state index contributed by atoms with van der Waals surface area (Å²) in [4.78, 5) is 14.4. The zero-order valence-corrected chi connectivity index (χ0v) is 13.7. The van der Waals surface area contributed by atoms with Gasteiger partial charge >= 0.3 is 0 Å². The molecule has 0 aromatic heterocycles. The molecule has 3 aliphatic heterocycles. The predicted octanol–water partition coefficient (Wildman–Crippen LogP) is 0.943. The van der Waals surface area contributed by atoms with E-state index in [9.17, 15) is 13.2 Å². The monoisotopic (exact) mass is 336 g/mol. The SMILES string of the molecule is O=C(c1cccc(S(=O)(=O)N2CC3(COC3)C2)c1)N1CCCC1. The van der Waals surface area contributed by atoms with E-state index in [1.54, 1.807) is 23.1 Å². The molecule has 0 N–H and O–H groups in total. The first-order valence-corrected chi connectivity index (χ1v) is 9.42. The molecule has 124 valence electrons. The number of likely N-dealkylation sites (tertiary alicyclic amines) is 1. The molecule has 1 aromatic rings. The lowest BCUT2D eigenvalue weighted by Gasteiger charge is -2.53. The third-order valence-corrected chi connectivity index (χ3v) is 6.74. The second kappa shape index (κ2) is 5.29. The number of amides is 1. The van der Waals surface area contributed by atoms with Gasteiger partial charge in [0.1, 0.15) is 0 Å². The van der Waals surface area contributed by atoms with E-state index in [1.807, 2.05) is 0 Å². The number of rotatable bonds is 3. The van der Waals surface area contributed by atoms with Crippen LogP contribution in [-0.4, -0.2) is 62.9 Å². The Labute approximate surface area is 136 Å². The van der Waals surface area contributed by atoms with Gasteiger partial charge in [0.2, 0.25) is 10.0 Å². The Morgan fingerprint density at radius 2 is 1.83 bits per heavy atom. The summed E-state index contributed by atoms with van der Waals surface area (Å²) in [5.41, 5.74) is 0.492. The molecule has 1 aromatic carbocycles. The lowest BCUT2D eigenvalue weighted by atomic mass is 9.80. The quantitative estimate of drug-likeness (QED) is 0.824. The summed E-state index contributed by atoms with van der Waals surface area (Å²) in [6.45, 7) is 3.83. The van der Waals surface area contributed by atoms with Gasteiger partial charge in [-0.15, -0.1) is 0 Å². The Kier molecular flexibility index (Phi) is 3.48. The normalized spacial score (nSPS) is 23.6. The van der Waals surface area contributed by atoms with Crippen molar-refractivity contribution >= 4 is 15.9 Å². The number of sulfonamides is 1. The van der Waals surface area contributed by atoms with Crippen LogP contribution in [0.5, 0.6) is 0 Å². The van der Waals surface area contributed by atoms with Crippen molar-refractivity contribution < 1.29 is 17.9 Å². The second-order valence-corrected chi connectivity index (χ2v) is 8.73. The minimum Gasteiger partial charge on any atom is -0.380 e. The van der Waals surface area contributed by atoms with Crippen molar-refractivity contribution in [3.63, 3.8) is 0 Å². The topological polar surface area (TPSA) is 66.9 Å². The number of nitrogens with zero attached hydrogens (tertiary/aromatic N) is 2. The molecule has 3 fully saturated rings. The van der Waals surface area contributed by atoms with Crippen molar-refractivity contribution in [2.45, 2.75) is 17.7 Å². The molecule has 4 rings (SSSR count). The van der Waals surface area contributed by atoms with Gasteiger partial charge < -0.3 is 9.64 Å². The molecule has 3 saturated heterocycles. The van der Waals surface area contributed by atoms with E-state index >= 15 is 0 Å². The van der Waals surface area contributed by atoms with Crippen LogP contribution in [0.3, 0.4) is 0 Å². The molecule has 0 atom stereocenters. The Hall–Kier alpha value is -1.44. The van der Waals surface area contributed by atoms with E-state index in [0.717, 1.165) is 25.9 Å². The maximum Gasteiger partial charge on any atom is 0.253 e. The molecular formula is C16H20N2O4S. The maximum absolute atomic E-state index is 12.7. The predicted molar refractivity (Wildman–Crippen MR) is 83.6 cm³/mol. The lowest BCUT2D eigenvalue weighted by Crippen LogP contribution is -2.66. The van der Waals surface area contributed by atoms with E-state index in [4.69, 9.17) is 4.74 Å². The standard InChI is InChI=1S/C16H20N2O4S/c19-15(17-6-1-2-7-17)13-4-3-5-14(8-13)23(20,21)18-9-16(10-18)11-22-12-16/h3-5,8H,1-2,6-7,9-12H2. The summed E-state index contributed by atoms with van der Waals surface area (Å²) < 4.78 is 32.1. The molecule has 6 nitrogen and oxygen atoms in total. The zero-order chi connectivity index (χ0) is 16.1. The van der Waals surface area contributed by atoms with Crippen molar-refractivity contribution in [3.8, 4) is 0 Å². The summed E-state index contributed by atoms with van der Waals surface area (Å²) in [6, 6.07) is 6.42. The Morgan fingerprint density at radius 1 is 1.13 bits per heavy atom.